The van der Waals surface area contributed by atoms with Gasteiger partial charge in [0, 0.05) is 102 Å². The fourth-order valence-corrected chi connectivity index (χ4v) is 17.1. The van der Waals surface area contributed by atoms with Gasteiger partial charge in [0.2, 0.25) is 0 Å². The topological polar surface area (TPSA) is 208 Å². The van der Waals surface area contributed by atoms with Crippen molar-refractivity contribution >= 4 is 134 Å². The zero-order valence-corrected chi connectivity index (χ0v) is 70.0. The van der Waals surface area contributed by atoms with Crippen LogP contribution in [0.5, 0.6) is 0 Å². The first kappa shape index (κ1) is 84.9. The smallest absolute Gasteiger partial charge is 0.310 e. The summed E-state index contributed by atoms with van der Waals surface area (Å²) in [6.45, 7) is 45.3. The quantitative estimate of drug-likeness (QED) is 0.0403. The number of carbonyl (C=O) groups excluding carboxylic acids is 5. The van der Waals surface area contributed by atoms with Crippen LogP contribution < -0.4 is 0 Å². The molecule has 0 saturated carbocycles. The number of ketones is 4. The molecule has 22 nitrogen and oxygen atoms in total. The summed E-state index contributed by atoms with van der Waals surface area (Å²) < 4.78 is 41.8. The van der Waals surface area contributed by atoms with Crippen LogP contribution in [-0.2, 0) is 27.2 Å². The number of ether oxygens (including phenoxy) is 1. The summed E-state index contributed by atoms with van der Waals surface area (Å²) in [6, 6.07) is 44.3. The monoisotopic (exact) mass is 1720 g/mol. The predicted molar refractivity (Wildman–Crippen MR) is 465 cm³/mol. The van der Waals surface area contributed by atoms with E-state index in [0.717, 1.165) is 170 Å². The number of carboxylic acid groups (broad SMARTS) is 1. The average Bonchev–Trinajstić information content (AvgIpc) is 1.62. The van der Waals surface area contributed by atoms with Crippen LogP contribution in [0, 0.1) is 54.0 Å². The van der Waals surface area contributed by atoms with E-state index in [1.165, 1.54) is 17.7 Å². The zero-order valence-electron chi connectivity index (χ0n) is 66.9. The number of hydrogen-bond acceptors (Lipinski definition) is 13. The Labute approximate surface area is 705 Å². The Bertz CT molecular complexity index is 6070. The van der Waals surface area contributed by atoms with Crippen LogP contribution in [0.4, 0.5) is 31.5 Å². The Kier molecular flexibility index (Phi) is 26.9. The lowest BCUT2D eigenvalue weighted by atomic mass is 10.0. The normalized spacial score (nSPS) is 14.8. The zero-order chi connectivity index (χ0) is 84.3. The van der Waals surface area contributed by atoms with Gasteiger partial charge in [-0.15, -0.1) is 0 Å². The first-order chi connectivity index (χ1) is 57.4. The number of aromatic nitrogens is 6. The molecule has 0 aliphatic carbocycles. The Morgan fingerprint density at radius 1 is 0.429 bits per heavy atom. The standard InChI is InChI=1S/C27H29N3O3.C25H25N3O3.C21H17BrF2N4O.C20H17BrN4O/c1-4-33-26(32)17-20-8-13-23-24(16-20)30(22-11-9-21(28-3)10-12-22)19(2)27(23)25(31)18-29-14-6-5-7-15-29;1-17-25(23(29)16-27-12-4-3-5-13-27)21-11-6-18(15-24(30)31)14-22(21)28(17)20-9-7-19(26-2)8-10-20;1-13-19(18(29)11-27-8-7-21(23,24)12-27)20-17(9-14(22)10-26-20)28(13)16-5-3-15(25-2)4-6-16;1-13-19(18(26)12-24-8-3-9-24)20-17(10-14(21)11-23-20)25(13)16-6-4-15(22-2)5-7-16/h8-13,16H,4-7,14-15,17-18H2,1-2H3;6-11,14H,3-5,12-13,15-16H2,1H3,(H,30,31);3-6,9-10H,7-8,11-12H2,1H3;4-7,10-11H,3,8-9,12H2,1H3. The van der Waals surface area contributed by atoms with E-state index in [4.69, 9.17) is 31.0 Å². The molecule has 6 aromatic carbocycles. The van der Waals surface area contributed by atoms with Crippen molar-refractivity contribution in [2.24, 2.45) is 0 Å². The number of carbonyl (C=O) groups is 6. The molecule has 12 aromatic rings. The SMILES string of the molecule is [C-]#[N+]c1ccc(-n2c(C)c(C(=O)CN3CCC(F)(F)C3)c3ncc(Br)cc32)cc1.[C-]#[N+]c1ccc(-n2c(C)c(C(=O)CN3CCC3)c3ncc(Br)cc32)cc1.[C-]#[N+]c1ccc(-n2c(C)c(C(=O)CN3CCCCC3)c3ccc(CC(=O)O)cc32)cc1.[C-]#[N+]c1ccc(-n2c(C)c(C(=O)CN3CCCCC3)c3ccc(CC(=O)OCC)cc32)cc1. The van der Waals surface area contributed by atoms with E-state index in [1.807, 2.05) is 132 Å². The number of hydrogen-bond donors (Lipinski definition) is 1. The molecule has 4 fully saturated rings. The fraction of sp³-hybridized carbons (Fsp3) is 0.312. The lowest BCUT2D eigenvalue weighted by molar-refractivity contribution is -0.142. The third kappa shape index (κ3) is 19.3. The van der Waals surface area contributed by atoms with E-state index in [0.29, 0.717) is 82.5 Å². The lowest BCUT2D eigenvalue weighted by Gasteiger charge is -2.29. The number of fused-ring (bicyclic) bond motifs is 4. The molecule has 0 bridgehead atoms. The van der Waals surface area contributed by atoms with Crippen molar-refractivity contribution in [2.75, 3.05) is 85.1 Å². The molecule has 0 radical (unpaired) electrons. The van der Waals surface area contributed by atoms with E-state index in [1.54, 1.807) is 73.9 Å². The second-order valence-electron chi connectivity index (χ2n) is 30.3. The van der Waals surface area contributed by atoms with Crippen molar-refractivity contribution in [3.8, 4) is 22.7 Å². The van der Waals surface area contributed by atoms with Crippen LogP contribution in [0.2, 0.25) is 0 Å². The summed E-state index contributed by atoms with van der Waals surface area (Å²) in [7, 11) is 0. The third-order valence-corrected chi connectivity index (χ3v) is 23.1. The van der Waals surface area contributed by atoms with Crippen molar-refractivity contribution in [2.45, 2.75) is 105 Å². The molecule has 0 unspecified atom stereocenters. The van der Waals surface area contributed by atoms with Crippen LogP contribution in [0.15, 0.2) is 167 Å². The highest BCUT2D eigenvalue weighted by atomic mass is 79.9. The van der Waals surface area contributed by atoms with E-state index in [-0.39, 0.29) is 61.5 Å². The van der Waals surface area contributed by atoms with Crippen molar-refractivity contribution in [3.05, 3.63) is 269 Å². The number of nitrogens with zero attached hydrogens (tertiary/aromatic N) is 14. The van der Waals surface area contributed by atoms with Crippen LogP contribution in [0.25, 0.3) is 86.0 Å². The van der Waals surface area contributed by atoms with Gasteiger partial charge in [-0.1, -0.05) is 85.6 Å². The number of Topliss-reactive ketones (excluding diaryl/α,β-unsaturated/α-hetero) is 4. The van der Waals surface area contributed by atoms with Gasteiger partial charge in [-0.3, -0.25) is 58.3 Å². The number of pyridine rings is 2. The Morgan fingerprint density at radius 2 is 0.756 bits per heavy atom. The fourth-order valence-electron chi connectivity index (χ4n) is 16.5. The largest absolute Gasteiger partial charge is 0.481 e. The number of piperidine rings is 2. The van der Waals surface area contributed by atoms with E-state index < -0.39 is 18.4 Å². The second-order valence-corrected chi connectivity index (χ2v) is 32.1. The van der Waals surface area contributed by atoms with Gasteiger partial charge < -0.3 is 28.1 Å². The number of rotatable bonds is 21. The van der Waals surface area contributed by atoms with Crippen molar-refractivity contribution in [3.63, 3.8) is 0 Å². The molecular weight excluding hydrogens is 1640 g/mol. The summed E-state index contributed by atoms with van der Waals surface area (Å²) >= 11 is 6.91. The molecule has 1 N–H and O–H groups in total. The first-order valence-electron chi connectivity index (χ1n) is 39.7. The number of aliphatic carboxylic acids is 1. The van der Waals surface area contributed by atoms with Crippen LogP contribution in [-0.4, -0.2) is 179 Å². The van der Waals surface area contributed by atoms with Gasteiger partial charge in [0.25, 0.3) is 5.92 Å². The number of carboxylic acids is 1. The maximum Gasteiger partial charge on any atom is 0.310 e. The van der Waals surface area contributed by atoms with Gasteiger partial charge in [-0.05, 0) is 222 Å². The first-order valence-corrected chi connectivity index (χ1v) is 41.2. The molecule has 0 spiro atoms. The number of halogens is 4. The lowest BCUT2D eigenvalue weighted by Crippen LogP contribution is -2.40. The molecule has 16 rings (SSSR count). The van der Waals surface area contributed by atoms with Crippen molar-refractivity contribution in [1.82, 2.24) is 47.8 Å². The second kappa shape index (κ2) is 37.7. The number of benzene rings is 6. The minimum absolute atomic E-state index is 0.0655. The van der Waals surface area contributed by atoms with Gasteiger partial charge in [0.05, 0.1) is 123 Å². The number of alkyl halides is 2. The summed E-state index contributed by atoms with van der Waals surface area (Å²) in [6.07, 6.45) is 11.4. The molecule has 4 aliphatic heterocycles. The maximum absolute atomic E-state index is 13.5. The molecule has 10 heterocycles. The van der Waals surface area contributed by atoms with E-state index >= 15 is 0 Å². The van der Waals surface area contributed by atoms with Gasteiger partial charge in [-0.25, -0.2) is 28.2 Å². The molecule has 26 heteroatoms. The van der Waals surface area contributed by atoms with Crippen molar-refractivity contribution < 1.29 is 47.4 Å². The highest BCUT2D eigenvalue weighted by Crippen LogP contribution is 2.38. The summed E-state index contributed by atoms with van der Waals surface area (Å²) in [5.74, 6) is -3.81. The van der Waals surface area contributed by atoms with Crippen LogP contribution >= 0.6 is 31.9 Å². The maximum atomic E-state index is 13.5. The Balaban J connectivity index is 0.000000138. The molecule has 0 atom stereocenters. The Morgan fingerprint density at radius 3 is 1.08 bits per heavy atom. The minimum atomic E-state index is -2.74. The summed E-state index contributed by atoms with van der Waals surface area (Å²) in [4.78, 5) is 107. The molecule has 606 valence electrons. The van der Waals surface area contributed by atoms with Crippen molar-refractivity contribution in [1.29, 1.82) is 0 Å². The minimum Gasteiger partial charge on any atom is -0.481 e. The predicted octanol–water partition coefficient (Wildman–Crippen LogP) is 19.8. The molecule has 0 amide bonds. The summed E-state index contributed by atoms with van der Waals surface area (Å²) in [5.41, 5.74) is 17.6. The van der Waals surface area contributed by atoms with Crippen LogP contribution in [0.3, 0.4) is 0 Å². The highest BCUT2D eigenvalue weighted by Gasteiger charge is 2.40. The number of likely N-dealkylation sites (tertiary alicyclic amines) is 4. The molecule has 4 saturated heterocycles. The Hall–Kier alpha value is -12.0. The van der Waals surface area contributed by atoms with Gasteiger partial charge in [0.1, 0.15) is 0 Å². The van der Waals surface area contributed by atoms with Crippen LogP contribution in [0.1, 0.15) is 134 Å². The highest BCUT2D eigenvalue weighted by molar-refractivity contribution is 9.10. The van der Waals surface area contributed by atoms with Gasteiger partial charge in [0.15, 0.2) is 45.9 Å². The molecule has 6 aromatic heterocycles. The average molecular weight is 1730 g/mol. The van der Waals surface area contributed by atoms with E-state index in [2.05, 4.69) is 80.5 Å². The molecule has 4 aliphatic rings. The van der Waals surface area contributed by atoms with Gasteiger partial charge in [-0.2, -0.15) is 0 Å². The van der Waals surface area contributed by atoms with E-state index in [9.17, 15) is 42.7 Å². The molecule has 119 heavy (non-hydrogen) atoms. The third-order valence-electron chi connectivity index (χ3n) is 22.2. The molecular formula is C93H88Br2F2N14O8. The summed E-state index contributed by atoms with van der Waals surface area (Å²) in [5, 5.41) is 10.9. The van der Waals surface area contributed by atoms with Gasteiger partial charge >= 0.3 is 11.9 Å². The number of esters is 1.